The molecule has 0 aliphatic rings. The Morgan fingerprint density at radius 3 is 1.94 bits per heavy atom. The van der Waals surface area contributed by atoms with Crippen LogP contribution in [0.2, 0.25) is 0 Å². The Labute approximate surface area is 281 Å². The van der Waals surface area contributed by atoms with Crippen LogP contribution in [0, 0.1) is 0 Å². The van der Waals surface area contributed by atoms with E-state index in [0.717, 1.165) is 0 Å². The van der Waals surface area contributed by atoms with Gasteiger partial charge in [0.25, 0.3) is 0 Å². The third kappa shape index (κ3) is 17.1. The van der Waals surface area contributed by atoms with E-state index in [1.54, 1.807) is 30.3 Å². The molecule has 0 saturated heterocycles. The highest BCUT2D eigenvalue weighted by atomic mass is 16.4. The van der Waals surface area contributed by atoms with Gasteiger partial charge in [-0.05, 0) is 31.7 Å². The van der Waals surface area contributed by atoms with Crippen molar-refractivity contribution in [1.29, 1.82) is 0 Å². The second-order valence-corrected chi connectivity index (χ2v) is 10.9. The smallest absolute Gasteiger partial charge is 0.326 e. The molecule has 16 N–H and O–H groups in total. The van der Waals surface area contributed by atoms with Crippen molar-refractivity contribution < 1.29 is 43.5 Å². The summed E-state index contributed by atoms with van der Waals surface area (Å²) in [6.07, 6.45) is -0.767. The molecule has 0 aliphatic carbocycles. The highest BCUT2D eigenvalue weighted by Gasteiger charge is 2.29. The molecule has 5 atom stereocenters. The Balaban J connectivity index is 2.86. The van der Waals surface area contributed by atoms with Gasteiger partial charge in [0.1, 0.15) is 24.2 Å². The highest BCUT2D eigenvalue weighted by molar-refractivity contribution is 5.96. The van der Waals surface area contributed by atoms with Crippen molar-refractivity contribution in [2.45, 2.75) is 75.7 Å². The second-order valence-electron chi connectivity index (χ2n) is 10.9. The molecule has 0 saturated carbocycles. The monoisotopic (exact) mass is 691 g/mol. The zero-order chi connectivity index (χ0) is 37.1. The molecule has 0 aliphatic heterocycles. The van der Waals surface area contributed by atoms with E-state index in [1.165, 1.54) is 6.92 Å². The van der Waals surface area contributed by atoms with Gasteiger partial charge in [0.05, 0.1) is 19.0 Å². The third-order valence-electron chi connectivity index (χ3n) is 6.75. The predicted octanol–water partition coefficient (Wildman–Crippen LogP) is -5.09. The number of primary amides is 2. The summed E-state index contributed by atoms with van der Waals surface area (Å²) in [5.74, 6) is -7.45. The summed E-state index contributed by atoms with van der Waals surface area (Å²) in [5.41, 5.74) is 27.2. The number of aliphatic imine (C=N–C) groups is 1. The second kappa shape index (κ2) is 21.2. The third-order valence-corrected chi connectivity index (χ3v) is 6.75. The van der Waals surface area contributed by atoms with Gasteiger partial charge in [-0.2, -0.15) is 0 Å². The van der Waals surface area contributed by atoms with Crippen molar-refractivity contribution in [1.82, 2.24) is 26.6 Å². The Morgan fingerprint density at radius 1 is 0.755 bits per heavy atom. The summed E-state index contributed by atoms with van der Waals surface area (Å²) in [6.45, 7) is 0.705. The number of nitrogens with one attached hydrogen (secondary N) is 5. The normalized spacial score (nSPS) is 13.6. The fourth-order valence-corrected chi connectivity index (χ4v) is 4.16. The number of hydrogen-bond acceptors (Lipinski definition) is 10. The number of guanidine groups is 1. The highest BCUT2D eigenvalue weighted by Crippen LogP contribution is 2.06. The largest absolute Gasteiger partial charge is 0.480 e. The number of carboxylic acids is 1. The van der Waals surface area contributed by atoms with Gasteiger partial charge in [0, 0.05) is 19.4 Å². The number of carboxylic acid groups (broad SMARTS) is 1. The van der Waals surface area contributed by atoms with E-state index in [1.807, 2.05) is 0 Å². The molecule has 1 rings (SSSR count). The topological polar surface area (TPSA) is 359 Å². The molecule has 20 nitrogen and oxygen atoms in total. The molecular weight excluding hydrogens is 646 g/mol. The van der Waals surface area contributed by atoms with Crippen molar-refractivity contribution in [2.75, 3.05) is 13.1 Å². The first-order valence-corrected chi connectivity index (χ1v) is 15.1. The number of hydrogen-bond donors (Lipinski definition) is 11. The maximum atomic E-state index is 13.2. The molecule has 1 aromatic carbocycles. The SMILES string of the molecule is C[C@H](NC(=O)CNC(=O)[C@H](CC(N)=O)NC(=O)[C@@H](N)CCC(N)=O)C(=O)N[C@@H](CCCN=C(N)N)C(=O)N[C@@H](Cc1ccccc1)C(=O)O. The molecule has 0 unspecified atom stereocenters. The molecule has 0 aromatic heterocycles. The maximum absolute atomic E-state index is 13.2. The first-order valence-electron chi connectivity index (χ1n) is 15.1. The molecule has 270 valence electrons. The number of amides is 7. The van der Waals surface area contributed by atoms with Gasteiger partial charge >= 0.3 is 5.97 Å². The minimum Gasteiger partial charge on any atom is -0.480 e. The van der Waals surface area contributed by atoms with E-state index < -0.39 is 90.5 Å². The lowest BCUT2D eigenvalue weighted by Gasteiger charge is -2.23. The van der Waals surface area contributed by atoms with E-state index in [-0.39, 0.29) is 44.6 Å². The number of benzene rings is 1. The summed E-state index contributed by atoms with van der Waals surface area (Å²) < 4.78 is 0. The zero-order valence-corrected chi connectivity index (χ0v) is 27.0. The molecule has 0 radical (unpaired) electrons. The number of aliphatic carboxylic acids is 1. The average molecular weight is 692 g/mol. The molecule has 0 fully saturated rings. The Morgan fingerprint density at radius 2 is 1.37 bits per heavy atom. The van der Waals surface area contributed by atoms with Gasteiger partial charge in [0.2, 0.25) is 41.4 Å². The van der Waals surface area contributed by atoms with Crippen molar-refractivity contribution in [3.8, 4) is 0 Å². The molecule has 0 spiro atoms. The number of carbonyl (C=O) groups excluding carboxylic acids is 7. The van der Waals surface area contributed by atoms with Gasteiger partial charge in [-0.25, -0.2) is 4.79 Å². The van der Waals surface area contributed by atoms with Crippen LogP contribution in [-0.4, -0.2) is 102 Å². The van der Waals surface area contributed by atoms with Gasteiger partial charge in [-0.1, -0.05) is 30.3 Å². The quantitative estimate of drug-likeness (QED) is 0.0309. The van der Waals surface area contributed by atoms with Gasteiger partial charge in [-0.15, -0.1) is 0 Å². The summed E-state index contributed by atoms with van der Waals surface area (Å²) in [6, 6.07) is 2.03. The van der Waals surface area contributed by atoms with Crippen LogP contribution in [0.25, 0.3) is 0 Å². The Kier molecular flexibility index (Phi) is 17.8. The predicted molar refractivity (Wildman–Crippen MR) is 174 cm³/mol. The minimum atomic E-state index is -1.51. The van der Waals surface area contributed by atoms with Crippen LogP contribution in [0.5, 0.6) is 0 Å². The summed E-state index contributed by atoms with van der Waals surface area (Å²) >= 11 is 0. The minimum absolute atomic E-state index is 0.00190. The number of nitrogens with two attached hydrogens (primary N) is 5. The molecule has 20 heteroatoms. The van der Waals surface area contributed by atoms with Gasteiger partial charge in [-0.3, -0.25) is 38.6 Å². The van der Waals surface area contributed by atoms with E-state index in [2.05, 4.69) is 31.6 Å². The van der Waals surface area contributed by atoms with Gasteiger partial charge < -0.3 is 60.4 Å². The standard InChI is InChI=1S/C29H45N11O9/c1-15(37-23(43)14-36-26(46)19(13-22(32)42)39-25(45)17(30)9-10-21(31)41)24(44)38-18(8-5-11-35-29(33)34)27(47)40-20(28(48)49)12-16-6-3-2-4-7-16/h2-4,6-7,15,17-20H,5,8-14,30H2,1H3,(H2,31,41)(H2,32,42)(H,36,46)(H,37,43)(H,38,44)(H,39,45)(H,40,47)(H,48,49)(H4,33,34,35)/t15-,17-,18-,19-,20-/m0/s1. The lowest BCUT2D eigenvalue weighted by molar-refractivity contribution is -0.142. The van der Waals surface area contributed by atoms with E-state index in [0.29, 0.717) is 5.56 Å². The van der Waals surface area contributed by atoms with E-state index >= 15 is 0 Å². The van der Waals surface area contributed by atoms with Crippen LogP contribution in [0.1, 0.15) is 44.6 Å². The lowest BCUT2D eigenvalue weighted by atomic mass is 10.0. The van der Waals surface area contributed by atoms with Crippen LogP contribution in [0.4, 0.5) is 0 Å². The van der Waals surface area contributed by atoms with Crippen LogP contribution in [-0.2, 0) is 44.8 Å². The first kappa shape index (κ1) is 41.2. The molecule has 0 bridgehead atoms. The first-order chi connectivity index (χ1) is 23.0. The number of nitrogens with zero attached hydrogens (tertiary/aromatic N) is 1. The fourth-order valence-electron chi connectivity index (χ4n) is 4.16. The average Bonchev–Trinajstić information content (AvgIpc) is 3.02. The van der Waals surface area contributed by atoms with Crippen molar-refractivity contribution in [2.24, 2.45) is 33.7 Å². The molecule has 0 heterocycles. The molecule has 7 amide bonds. The fraction of sp³-hybridized carbons (Fsp3) is 0.483. The number of carbonyl (C=O) groups is 8. The van der Waals surface area contributed by atoms with E-state index in [4.69, 9.17) is 28.7 Å². The van der Waals surface area contributed by atoms with Crippen LogP contribution >= 0.6 is 0 Å². The molecular formula is C29H45N11O9. The molecule has 1 aromatic rings. The summed E-state index contributed by atoms with van der Waals surface area (Å²) in [5, 5.41) is 21.4. The van der Waals surface area contributed by atoms with Crippen LogP contribution in [0.3, 0.4) is 0 Å². The summed E-state index contributed by atoms with van der Waals surface area (Å²) in [7, 11) is 0. The van der Waals surface area contributed by atoms with Gasteiger partial charge in [0.15, 0.2) is 5.96 Å². The summed E-state index contributed by atoms with van der Waals surface area (Å²) in [4.78, 5) is 102. The van der Waals surface area contributed by atoms with Crippen molar-refractivity contribution in [3.63, 3.8) is 0 Å². The lowest BCUT2D eigenvalue weighted by Crippen LogP contribution is -2.56. The van der Waals surface area contributed by atoms with Crippen LogP contribution in [0.15, 0.2) is 35.3 Å². The molecule has 49 heavy (non-hydrogen) atoms. The van der Waals surface area contributed by atoms with Crippen molar-refractivity contribution >= 4 is 53.3 Å². The Bertz CT molecular complexity index is 1370. The van der Waals surface area contributed by atoms with Crippen molar-refractivity contribution in [3.05, 3.63) is 35.9 Å². The van der Waals surface area contributed by atoms with Crippen LogP contribution < -0.4 is 55.3 Å². The maximum Gasteiger partial charge on any atom is 0.326 e. The van der Waals surface area contributed by atoms with E-state index in [9.17, 15) is 43.5 Å². The zero-order valence-electron chi connectivity index (χ0n) is 27.0. The Hall–Kier alpha value is -5.79. The number of rotatable bonds is 22.